The zero-order valence-corrected chi connectivity index (χ0v) is 8.39. The van der Waals surface area contributed by atoms with Crippen LogP contribution in [0.5, 0.6) is 0 Å². The van der Waals surface area contributed by atoms with Crippen LogP contribution in [0.1, 0.15) is 24.8 Å². The highest BCUT2D eigenvalue weighted by atomic mass is 79.9. The van der Waals surface area contributed by atoms with Gasteiger partial charge < -0.3 is 0 Å². The maximum Gasteiger partial charge on any atom is 0.0204 e. The van der Waals surface area contributed by atoms with Crippen LogP contribution in [0.4, 0.5) is 0 Å². The largest absolute Gasteiger partial charge is 0.0619 e. The number of aryl methyl sites for hydroxylation is 1. The molecule has 2 rings (SSSR count). The molecule has 0 amide bonds. The minimum Gasteiger partial charge on any atom is -0.0619 e. The van der Waals surface area contributed by atoms with E-state index in [4.69, 9.17) is 0 Å². The molecule has 0 bridgehead atoms. The molecule has 1 aliphatic carbocycles. The lowest BCUT2D eigenvalue weighted by Crippen LogP contribution is -1.69. The lowest BCUT2D eigenvalue weighted by Gasteiger charge is -1.91. The molecule has 1 heteroatoms. The maximum absolute atomic E-state index is 3.40. The van der Waals surface area contributed by atoms with E-state index in [0.717, 1.165) is 0 Å². The van der Waals surface area contributed by atoms with Gasteiger partial charge in [-0.1, -0.05) is 53.4 Å². The van der Waals surface area contributed by atoms with Crippen LogP contribution < -0.4 is 0 Å². The minimum absolute atomic E-state index is 1.18. The first-order valence-electron chi connectivity index (χ1n) is 4.02. The van der Waals surface area contributed by atoms with Crippen LogP contribution >= 0.6 is 15.9 Å². The van der Waals surface area contributed by atoms with Gasteiger partial charge in [0.05, 0.1) is 0 Å². The third-order valence-corrected chi connectivity index (χ3v) is 2.32. The summed E-state index contributed by atoms with van der Waals surface area (Å²) in [6.45, 7) is 2.07. The van der Waals surface area contributed by atoms with Crippen LogP contribution in [0.15, 0.2) is 28.7 Å². The number of hydrogen-bond acceptors (Lipinski definition) is 0. The third-order valence-electron chi connectivity index (χ3n) is 1.43. The van der Waals surface area contributed by atoms with Crippen LogP contribution in [0, 0.1) is 6.92 Å². The second-order valence-electron chi connectivity index (χ2n) is 2.81. The van der Waals surface area contributed by atoms with Crippen molar-refractivity contribution in [2.45, 2.75) is 26.2 Å². The fourth-order valence-corrected chi connectivity index (χ4v) is 0.836. The van der Waals surface area contributed by atoms with E-state index in [1.54, 1.807) is 0 Å². The van der Waals surface area contributed by atoms with E-state index < -0.39 is 0 Å². The Labute approximate surface area is 76.8 Å². The first-order chi connectivity index (χ1) is 5.30. The van der Waals surface area contributed by atoms with Crippen LogP contribution in [0.3, 0.4) is 0 Å². The molecule has 60 valence electrons. The molecule has 1 fully saturated rings. The summed E-state index contributed by atoms with van der Waals surface area (Å²) < 4.78 is 1.18. The van der Waals surface area contributed by atoms with Gasteiger partial charge in [-0.15, -0.1) is 0 Å². The monoisotopic (exact) mass is 212 g/mol. The lowest BCUT2D eigenvalue weighted by molar-refractivity contribution is 1.43. The van der Waals surface area contributed by atoms with E-state index in [2.05, 4.69) is 28.9 Å². The van der Waals surface area contributed by atoms with Gasteiger partial charge in [-0.3, -0.25) is 0 Å². The molecular formula is C10H13Br. The molecule has 0 heterocycles. The number of halogens is 1. The molecule has 0 spiro atoms. The zero-order chi connectivity index (χ0) is 8.10. The van der Waals surface area contributed by atoms with E-state index in [-0.39, 0.29) is 0 Å². The van der Waals surface area contributed by atoms with Crippen molar-refractivity contribution in [1.29, 1.82) is 0 Å². The standard InChI is InChI=1S/C7H7Br.C3H6/c1-6-4-2-3-5-7(6)8;1-2-3-1/h2-5H,1H3;1-3H2. The van der Waals surface area contributed by atoms with Crippen molar-refractivity contribution in [3.8, 4) is 0 Å². The molecule has 0 N–H and O–H groups in total. The second kappa shape index (κ2) is 4.55. The SMILES string of the molecule is C1CC1.Cc1ccccc1Br. The fourth-order valence-electron chi connectivity index (χ4n) is 0.551. The van der Waals surface area contributed by atoms with Gasteiger partial charge in [0, 0.05) is 4.47 Å². The Morgan fingerprint density at radius 2 is 1.64 bits per heavy atom. The third kappa shape index (κ3) is 4.20. The topological polar surface area (TPSA) is 0 Å². The minimum atomic E-state index is 1.18. The van der Waals surface area contributed by atoms with Crippen molar-refractivity contribution in [2.24, 2.45) is 0 Å². The van der Waals surface area contributed by atoms with Gasteiger partial charge in [0.15, 0.2) is 0 Å². The van der Waals surface area contributed by atoms with Crippen molar-refractivity contribution in [3.63, 3.8) is 0 Å². The highest BCUT2D eigenvalue weighted by Crippen LogP contribution is 2.15. The molecule has 0 atom stereocenters. The van der Waals surface area contributed by atoms with Crippen molar-refractivity contribution >= 4 is 15.9 Å². The summed E-state index contributed by atoms with van der Waals surface area (Å²) in [6.07, 6.45) is 4.50. The maximum atomic E-state index is 3.40. The van der Waals surface area contributed by atoms with Gasteiger partial charge in [-0.05, 0) is 18.6 Å². The fraction of sp³-hybridized carbons (Fsp3) is 0.400. The molecule has 1 aromatic carbocycles. The Morgan fingerprint density at radius 1 is 1.09 bits per heavy atom. The zero-order valence-electron chi connectivity index (χ0n) is 6.81. The van der Waals surface area contributed by atoms with E-state index in [1.807, 2.05) is 18.2 Å². The van der Waals surface area contributed by atoms with E-state index in [9.17, 15) is 0 Å². The summed E-state index contributed by atoms with van der Waals surface area (Å²) in [5.74, 6) is 0. The second-order valence-corrected chi connectivity index (χ2v) is 3.66. The van der Waals surface area contributed by atoms with Gasteiger partial charge >= 0.3 is 0 Å². The predicted octanol–water partition coefficient (Wildman–Crippen LogP) is 3.93. The normalized spacial score (nSPS) is 13.3. The summed E-state index contributed by atoms with van der Waals surface area (Å²) in [5.41, 5.74) is 1.28. The molecule has 0 aliphatic heterocycles. The number of rotatable bonds is 0. The van der Waals surface area contributed by atoms with Crippen molar-refractivity contribution in [1.82, 2.24) is 0 Å². The lowest BCUT2D eigenvalue weighted by atomic mass is 10.2. The number of benzene rings is 1. The van der Waals surface area contributed by atoms with Crippen molar-refractivity contribution < 1.29 is 0 Å². The Hall–Kier alpha value is -0.300. The molecule has 1 aliphatic rings. The summed E-state index contributed by atoms with van der Waals surface area (Å²) in [7, 11) is 0. The summed E-state index contributed by atoms with van der Waals surface area (Å²) in [4.78, 5) is 0. The smallest absolute Gasteiger partial charge is 0.0204 e. The van der Waals surface area contributed by atoms with Crippen molar-refractivity contribution in [2.75, 3.05) is 0 Å². The highest BCUT2D eigenvalue weighted by molar-refractivity contribution is 9.10. The summed E-state index contributed by atoms with van der Waals surface area (Å²) in [5, 5.41) is 0. The van der Waals surface area contributed by atoms with Crippen LogP contribution in [0.2, 0.25) is 0 Å². The molecule has 0 unspecified atom stereocenters. The molecule has 0 aromatic heterocycles. The molecule has 0 saturated heterocycles. The van der Waals surface area contributed by atoms with E-state index in [0.29, 0.717) is 0 Å². The van der Waals surface area contributed by atoms with Crippen LogP contribution in [-0.4, -0.2) is 0 Å². The Bertz CT molecular complexity index is 192. The Kier molecular flexibility index (Phi) is 3.64. The van der Waals surface area contributed by atoms with Crippen LogP contribution in [-0.2, 0) is 0 Å². The van der Waals surface area contributed by atoms with Gasteiger partial charge in [-0.25, -0.2) is 0 Å². The Balaban J connectivity index is 0.000000167. The van der Waals surface area contributed by atoms with Gasteiger partial charge in [0.25, 0.3) is 0 Å². The first-order valence-corrected chi connectivity index (χ1v) is 4.81. The molecule has 0 radical (unpaired) electrons. The summed E-state index contributed by atoms with van der Waals surface area (Å²) in [6, 6.07) is 8.15. The molecule has 11 heavy (non-hydrogen) atoms. The first kappa shape index (κ1) is 8.79. The van der Waals surface area contributed by atoms with Gasteiger partial charge in [-0.2, -0.15) is 0 Å². The molecule has 0 nitrogen and oxygen atoms in total. The van der Waals surface area contributed by atoms with Crippen LogP contribution in [0.25, 0.3) is 0 Å². The van der Waals surface area contributed by atoms with E-state index >= 15 is 0 Å². The summed E-state index contributed by atoms with van der Waals surface area (Å²) >= 11 is 3.40. The quantitative estimate of drug-likeness (QED) is 0.612. The average molecular weight is 213 g/mol. The molecule has 1 aromatic rings. The average Bonchev–Trinajstić information content (AvgIpc) is 2.80. The predicted molar refractivity (Wildman–Crippen MR) is 52.7 cm³/mol. The van der Waals surface area contributed by atoms with Gasteiger partial charge in [0.1, 0.15) is 0 Å². The molecular weight excluding hydrogens is 200 g/mol. The van der Waals surface area contributed by atoms with E-state index in [1.165, 1.54) is 29.3 Å². The highest BCUT2D eigenvalue weighted by Gasteiger charge is 1.95. The Morgan fingerprint density at radius 3 is 1.91 bits per heavy atom. The number of hydrogen-bond donors (Lipinski definition) is 0. The molecule has 1 saturated carbocycles. The van der Waals surface area contributed by atoms with Crippen molar-refractivity contribution in [3.05, 3.63) is 34.3 Å². The van der Waals surface area contributed by atoms with Gasteiger partial charge in [0.2, 0.25) is 0 Å².